The highest BCUT2D eigenvalue weighted by Crippen LogP contribution is 2.41. The summed E-state index contributed by atoms with van der Waals surface area (Å²) in [5, 5.41) is 30.2. The van der Waals surface area contributed by atoms with E-state index in [1.807, 2.05) is 49.4 Å². The maximum absolute atomic E-state index is 12.5. The van der Waals surface area contributed by atoms with Gasteiger partial charge in [-0.05, 0) is 69.0 Å². The number of carbonyl (C=O) groups is 2. The zero-order valence-corrected chi connectivity index (χ0v) is 37.4. The highest BCUT2D eigenvalue weighted by atomic mass is 35.5. The highest BCUT2D eigenvalue weighted by Gasteiger charge is 2.32. The van der Waals surface area contributed by atoms with Crippen LogP contribution in [-0.4, -0.2) is 38.5 Å². The summed E-state index contributed by atoms with van der Waals surface area (Å²) in [6.07, 6.45) is 6.78. The van der Waals surface area contributed by atoms with Crippen LogP contribution in [0.1, 0.15) is 69.6 Å². The molecule has 15 heteroatoms. The molecule has 0 bridgehead atoms. The Morgan fingerprint density at radius 3 is 1.79 bits per heavy atom. The molecule has 2 N–H and O–H groups in total. The van der Waals surface area contributed by atoms with Gasteiger partial charge in [-0.25, -0.2) is 0 Å². The molecule has 11 nitrogen and oxygen atoms in total. The van der Waals surface area contributed by atoms with Crippen LogP contribution < -0.4 is 18.9 Å². The Labute approximate surface area is 384 Å². The first-order chi connectivity index (χ1) is 30.2. The molecule has 0 radical (unpaired) electrons. The van der Waals surface area contributed by atoms with Crippen LogP contribution in [0.25, 0.3) is 11.1 Å². The van der Waals surface area contributed by atoms with Crippen molar-refractivity contribution < 1.29 is 38.7 Å². The Kier molecular flexibility index (Phi) is 15.5. The van der Waals surface area contributed by atoms with Gasteiger partial charge in [0.2, 0.25) is 0 Å². The Morgan fingerprint density at radius 2 is 1.24 bits per heavy atom. The fourth-order valence-corrected chi connectivity index (χ4v) is 7.50. The lowest BCUT2D eigenvalue weighted by Crippen LogP contribution is -2.32. The Bertz CT molecular complexity index is 2710. The molecule has 0 aliphatic heterocycles. The van der Waals surface area contributed by atoms with Gasteiger partial charge < -0.3 is 29.2 Å². The number of aromatic nitrogens is 2. The number of halogens is 4. The van der Waals surface area contributed by atoms with E-state index in [1.54, 1.807) is 42.9 Å². The van der Waals surface area contributed by atoms with E-state index in [9.17, 15) is 25.1 Å². The van der Waals surface area contributed by atoms with Crippen LogP contribution in [0.3, 0.4) is 0 Å². The second kappa shape index (κ2) is 21.0. The number of ether oxygens (including phenoxy) is 4. The predicted molar refractivity (Wildman–Crippen MR) is 241 cm³/mol. The number of nitrogens with zero attached hydrogens (tertiary/aromatic N) is 3. The molecule has 0 aliphatic carbocycles. The molecule has 1 atom stereocenters. The fourth-order valence-electron chi connectivity index (χ4n) is 6.48. The summed E-state index contributed by atoms with van der Waals surface area (Å²) < 4.78 is 24.6. The number of aryl methyl sites for hydroxylation is 2. The van der Waals surface area contributed by atoms with Crippen molar-refractivity contribution >= 4 is 58.2 Å². The molecule has 0 spiro atoms. The molecule has 63 heavy (non-hydrogen) atoms. The minimum atomic E-state index is -1.39. The molecule has 6 rings (SSSR count). The summed E-state index contributed by atoms with van der Waals surface area (Å²) in [6.45, 7) is 4.54. The molecule has 4 aromatic carbocycles. The number of aliphatic carboxylic acids is 1. The van der Waals surface area contributed by atoms with Crippen LogP contribution in [0, 0.1) is 23.7 Å². The molecule has 0 fully saturated rings. The molecule has 324 valence electrons. The lowest BCUT2D eigenvalue weighted by Gasteiger charge is -2.23. The zero-order chi connectivity index (χ0) is 45.3. The number of hydrogen-bond acceptors (Lipinski definition) is 10. The number of rotatable bonds is 19. The molecular weight excluding hydrogens is 888 g/mol. The van der Waals surface area contributed by atoms with Gasteiger partial charge >= 0.3 is 5.97 Å². The number of hydrogen-bond donors (Lipinski definition) is 2. The van der Waals surface area contributed by atoms with Gasteiger partial charge in [0.15, 0.2) is 5.78 Å². The number of carboxylic acid groups (broad SMARTS) is 1. The molecule has 0 aliphatic rings. The number of carbonyl (C=O) groups excluding carboxylic acids is 1. The summed E-state index contributed by atoms with van der Waals surface area (Å²) in [5.41, 5.74) is 4.89. The van der Waals surface area contributed by atoms with Crippen LogP contribution in [0.5, 0.6) is 23.0 Å². The summed E-state index contributed by atoms with van der Waals surface area (Å²) in [6, 6.07) is 23.0. The molecular formula is C48H41Cl4N3O8. The number of aliphatic hydroxyl groups is 1. The van der Waals surface area contributed by atoms with Crippen molar-refractivity contribution in [2.24, 2.45) is 5.41 Å². The van der Waals surface area contributed by atoms with Gasteiger partial charge in [0.25, 0.3) is 0 Å². The zero-order valence-electron chi connectivity index (χ0n) is 34.4. The second-order valence-corrected chi connectivity index (χ2v) is 16.6. The first-order valence-corrected chi connectivity index (χ1v) is 21.0. The second-order valence-electron chi connectivity index (χ2n) is 15.0. The van der Waals surface area contributed by atoms with E-state index in [0.29, 0.717) is 71.8 Å². The third-order valence-corrected chi connectivity index (χ3v) is 11.7. The molecule has 0 saturated carbocycles. The van der Waals surface area contributed by atoms with Crippen molar-refractivity contribution in [2.45, 2.75) is 60.0 Å². The summed E-state index contributed by atoms with van der Waals surface area (Å²) >= 11 is 27.4. The maximum Gasteiger partial charge on any atom is 0.311 e. The van der Waals surface area contributed by atoms with E-state index >= 15 is 0 Å². The number of carboxylic acids is 1. The Morgan fingerprint density at radius 1 is 0.698 bits per heavy atom. The Balaban J connectivity index is 1.20. The average molecular weight is 930 g/mol. The number of Topliss-reactive ketones (excluding diaryl/α,β-unsaturated/α-hetero) is 1. The van der Waals surface area contributed by atoms with Gasteiger partial charge in [0.05, 0.1) is 43.2 Å². The topological polar surface area (TPSA) is 161 Å². The van der Waals surface area contributed by atoms with Crippen LogP contribution in [0.15, 0.2) is 97.6 Å². The lowest BCUT2D eigenvalue weighted by molar-refractivity contribution is -0.150. The minimum Gasteiger partial charge on any atom is -0.488 e. The molecule has 0 unspecified atom stereocenters. The predicted octanol–water partition coefficient (Wildman–Crippen LogP) is 11.5. The van der Waals surface area contributed by atoms with Crippen molar-refractivity contribution in [3.05, 3.63) is 162 Å². The third kappa shape index (κ3) is 11.6. The van der Waals surface area contributed by atoms with Gasteiger partial charge in [-0.2, -0.15) is 5.26 Å². The van der Waals surface area contributed by atoms with E-state index in [0.717, 1.165) is 11.1 Å². The van der Waals surface area contributed by atoms with Gasteiger partial charge in [-0.3, -0.25) is 19.6 Å². The molecule has 6 aromatic rings. The number of benzene rings is 4. The summed E-state index contributed by atoms with van der Waals surface area (Å²) in [5.74, 6) is -0.0902. The van der Waals surface area contributed by atoms with Crippen molar-refractivity contribution in [2.75, 3.05) is 6.61 Å². The van der Waals surface area contributed by atoms with E-state index in [4.69, 9.17) is 65.4 Å². The normalized spacial score (nSPS) is 11.9. The van der Waals surface area contributed by atoms with Crippen molar-refractivity contribution in [1.82, 2.24) is 9.97 Å². The molecule has 0 saturated heterocycles. The van der Waals surface area contributed by atoms with E-state index in [-0.39, 0.29) is 60.8 Å². The highest BCUT2D eigenvalue weighted by molar-refractivity contribution is 6.37. The van der Waals surface area contributed by atoms with Gasteiger partial charge in [0, 0.05) is 70.3 Å². The largest absolute Gasteiger partial charge is 0.488 e. The first kappa shape index (κ1) is 46.6. The van der Waals surface area contributed by atoms with Crippen LogP contribution >= 0.6 is 46.4 Å². The number of nitriles is 1. The van der Waals surface area contributed by atoms with Gasteiger partial charge in [0.1, 0.15) is 55.5 Å². The SMILES string of the molecule is CC(=O)c1cc(Cl)c(OCc2cccc(-c3cccc(COc4cc(OCc5cncc(C#N)c5)c(CC[C@](C)(CO)C(=O)O)cc4Cl)c3Cl)c2Cl)cc1OCc1cncc(C)c1. The quantitative estimate of drug-likeness (QED) is 0.0744. The van der Waals surface area contributed by atoms with Crippen LogP contribution in [0.4, 0.5) is 0 Å². The van der Waals surface area contributed by atoms with Crippen molar-refractivity contribution in [1.29, 1.82) is 5.26 Å². The fraction of sp³-hybridized carbons (Fsp3) is 0.229. The van der Waals surface area contributed by atoms with Crippen molar-refractivity contribution in [3.8, 4) is 40.2 Å². The first-order valence-electron chi connectivity index (χ1n) is 19.5. The Hall–Kier alpha value is -5.87. The molecule has 2 heterocycles. The molecule has 0 amide bonds. The van der Waals surface area contributed by atoms with Crippen molar-refractivity contribution in [3.63, 3.8) is 0 Å². The third-order valence-electron chi connectivity index (χ3n) is 10.2. The van der Waals surface area contributed by atoms with Crippen LogP contribution in [0.2, 0.25) is 20.1 Å². The maximum atomic E-state index is 12.5. The van der Waals surface area contributed by atoms with Crippen LogP contribution in [-0.2, 0) is 37.6 Å². The minimum absolute atomic E-state index is 0.000879. The summed E-state index contributed by atoms with van der Waals surface area (Å²) in [7, 11) is 0. The van der Waals surface area contributed by atoms with E-state index < -0.39 is 18.0 Å². The number of aliphatic hydroxyl groups excluding tert-OH is 1. The average Bonchev–Trinajstić information content (AvgIpc) is 3.27. The smallest absolute Gasteiger partial charge is 0.311 e. The van der Waals surface area contributed by atoms with Gasteiger partial charge in [-0.15, -0.1) is 0 Å². The number of ketones is 1. The van der Waals surface area contributed by atoms with E-state index in [1.165, 1.54) is 26.1 Å². The molecule has 2 aromatic heterocycles. The van der Waals surface area contributed by atoms with E-state index in [2.05, 4.69) is 16.0 Å². The number of pyridine rings is 2. The lowest BCUT2D eigenvalue weighted by atomic mass is 9.85. The monoisotopic (exact) mass is 927 g/mol. The summed E-state index contributed by atoms with van der Waals surface area (Å²) in [4.78, 5) is 32.7. The van der Waals surface area contributed by atoms with Gasteiger partial charge in [-0.1, -0.05) is 82.8 Å². The standard InChI is InChI=1S/C48H41Cl4N3O8/c1-28-12-31(21-54-19-28)23-61-42-17-44(40(50)15-38(42)29(2)57)63-26-35-7-5-9-37(46(35)52)36-8-4-6-34(45(36)51)25-62-43-16-41(60-24-32-13-30(18-53)20-55-22-32)33(14-39(43)49)10-11-48(3,27-56)47(58)59/h4-9,12-17,19-22,56H,10-11,23-27H2,1-3H3,(H,58,59)/t48-/m1/s1.